The van der Waals surface area contributed by atoms with Gasteiger partial charge >= 0.3 is 0 Å². The first kappa shape index (κ1) is 14.3. The predicted molar refractivity (Wildman–Crippen MR) is 69.3 cm³/mol. The van der Waals surface area contributed by atoms with E-state index in [0.717, 1.165) is 4.90 Å². The quantitative estimate of drug-likeness (QED) is 0.699. The molecular formula is C13H17N3O4. The van der Waals surface area contributed by atoms with E-state index in [1.165, 1.54) is 0 Å². The minimum Gasteiger partial charge on any atom is -0.385 e. The number of aryl methyl sites for hydroxylation is 1. The van der Waals surface area contributed by atoms with Crippen LogP contribution >= 0.6 is 0 Å². The van der Waals surface area contributed by atoms with Crippen molar-refractivity contribution in [1.82, 2.24) is 14.8 Å². The van der Waals surface area contributed by atoms with Crippen molar-refractivity contribution in [2.24, 2.45) is 7.05 Å². The summed E-state index contributed by atoms with van der Waals surface area (Å²) in [5.41, 5.74) is 0.679. The SMILES string of the molecule is Cn1cccc1C(O)CNC(=O)CN1C(=O)CCC1=O. The highest BCUT2D eigenvalue weighted by atomic mass is 16.3. The number of aliphatic hydroxyl groups excluding tert-OH is 1. The van der Waals surface area contributed by atoms with Crippen LogP contribution in [0.3, 0.4) is 0 Å². The van der Waals surface area contributed by atoms with Crippen LogP contribution in [0.5, 0.6) is 0 Å². The summed E-state index contributed by atoms with van der Waals surface area (Å²) in [6.07, 6.45) is 1.29. The largest absolute Gasteiger partial charge is 0.385 e. The molecule has 1 saturated heterocycles. The second-order valence-corrected chi connectivity index (χ2v) is 4.74. The zero-order chi connectivity index (χ0) is 14.7. The van der Waals surface area contributed by atoms with Gasteiger partial charge in [-0.2, -0.15) is 0 Å². The van der Waals surface area contributed by atoms with E-state index in [2.05, 4.69) is 5.32 Å². The Balaban J connectivity index is 1.82. The standard InChI is InChI=1S/C13H17N3O4/c1-15-6-2-3-9(15)10(17)7-14-11(18)8-16-12(19)4-5-13(16)20/h2-3,6,10,17H,4-5,7-8H2,1H3,(H,14,18). The first-order valence-corrected chi connectivity index (χ1v) is 6.38. The molecule has 2 heterocycles. The number of nitrogens with zero attached hydrogens (tertiary/aromatic N) is 2. The van der Waals surface area contributed by atoms with E-state index >= 15 is 0 Å². The molecule has 1 unspecified atom stereocenters. The van der Waals surface area contributed by atoms with Crippen LogP contribution in [-0.4, -0.2) is 45.4 Å². The Hall–Kier alpha value is -2.15. The summed E-state index contributed by atoms with van der Waals surface area (Å²) in [7, 11) is 1.79. The van der Waals surface area contributed by atoms with Gasteiger partial charge in [-0.25, -0.2) is 0 Å². The van der Waals surface area contributed by atoms with Crippen LogP contribution in [0.25, 0.3) is 0 Å². The van der Waals surface area contributed by atoms with Crippen LogP contribution in [0.15, 0.2) is 18.3 Å². The van der Waals surface area contributed by atoms with Crippen LogP contribution in [0.2, 0.25) is 0 Å². The Morgan fingerprint density at radius 1 is 1.40 bits per heavy atom. The van der Waals surface area contributed by atoms with Gasteiger partial charge in [0.25, 0.3) is 0 Å². The predicted octanol–water partition coefficient (Wildman–Crippen LogP) is -0.676. The average Bonchev–Trinajstić information content (AvgIpc) is 2.96. The molecule has 1 aromatic rings. The Labute approximate surface area is 116 Å². The molecule has 1 fully saturated rings. The van der Waals surface area contributed by atoms with Gasteiger partial charge in [-0.3, -0.25) is 19.3 Å². The monoisotopic (exact) mass is 279 g/mol. The van der Waals surface area contributed by atoms with Crippen molar-refractivity contribution in [3.8, 4) is 0 Å². The highest BCUT2D eigenvalue weighted by Crippen LogP contribution is 2.12. The van der Waals surface area contributed by atoms with Crippen molar-refractivity contribution in [3.05, 3.63) is 24.0 Å². The molecule has 2 rings (SSSR count). The maximum absolute atomic E-state index is 11.7. The first-order chi connectivity index (χ1) is 9.49. The summed E-state index contributed by atoms with van der Waals surface area (Å²) in [5, 5.41) is 12.4. The lowest BCUT2D eigenvalue weighted by molar-refractivity contribution is -0.142. The molecule has 7 heteroatoms. The van der Waals surface area contributed by atoms with Crippen LogP contribution < -0.4 is 5.32 Å². The second kappa shape index (κ2) is 5.87. The molecule has 1 aliphatic heterocycles. The van der Waals surface area contributed by atoms with Gasteiger partial charge in [0, 0.05) is 38.3 Å². The lowest BCUT2D eigenvalue weighted by Gasteiger charge is -2.16. The number of aromatic nitrogens is 1. The lowest BCUT2D eigenvalue weighted by Crippen LogP contribution is -2.41. The molecule has 0 radical (unpaired) electrons. The average molecular weight is 279 g/mol. The summed E-state index contributed by atoms with van der Waals surface area (Å²) >= 11 is 0. The molecule has 0 aliphatic carbocycles. The van der Waals surface area contributed by atoms with E-state index in [9.17, 15) is 19.5 Å². The smallest absolute Gasteiger partial charge is 0.240 e. The van der Waals surface area contributed by atoms with Gasteiger partial charge in [0.15, 0.2) is 0 Å². The number of aliphatic hydroxyl groups is 1. The molecule has 0 aromatic carbocycles. The number of hydrogen-bond acceptors (Lipinski definition) is 4. The van der Waals surface area contributed by atoms with E-state index < -0.39 is 12.0 Å². The van der Waals surface area contributed by atoms with Crippen LogP contribution in [0.4, 0.5) is 0 Å². The van der Waals surface area contributed by atoms with E-state index in [-0.39, 0.29) is 37.7 Å². The number of likely N-dealkylation sites (tertiary alicyclic amines) is 1. The normalized spacial score (nSPS) is 16.6. The summed E-state index contributed by atoms with van der Waals surface area (Å²) in [5.74, 6) is -1.11. The van der Waals surface area contributed by atoms with Crippen molar-refractivity contribution < 1.29 is 19.5 Å². The fourth-order valence-electron chi connectivity index (χ4n) is 2.13. The van der Waals surface area contributed by atoms with E-state index in [0.29, 0.717) is 5.69 Å². The van der Waals surface area contributed by atoms with Gasteiger partial charge in [0.2, 0.25) is 17.7 Å². The molecule has 7 nitrogen and oxygen atoms in total. The molecule has 1 aliphatic rings. The third kappa shape index (κ3) is 3.05. The third-order valence-electron chi connectivity index (χ3n) is 3.27. The second-order valence-electron chi connectivity index (χ2n) is 4.74. The highest BCUT2D eigenvalue weighted by Gasteiger charge is 2.30. The summed E-state index contributed by atoms with van der Waals surface area (Å²) < 4.78 is 1.75. The molecule has 0 saturated carbocycles. The van der Waals surface area contributed by atoms with Crippen LogP contribution in [0.1, 0.15) is 24.6 Å². The molecule has 20 heavy (non-hydrogen) atoms. The van der Waals surface area contributed by atoms with E-state index in [1.807, 2.05) is 0 Å². The number of rotatable bonds is 5. The lowest BCUT2D eigenvalue weighted by atomic mass is 10.2. The van der Waals surface area contributed by atoms with Gasteiger partial charge in [-0.1, -0.05) is 0 Å². The first-order valence-electron chi connectivity index (χ1n) is 6.38. The van der Waals surface area contributed by atoms with Crippen LogP contribution in [-0.2, 0) is 21.4 Å². The zero-order valence-corrected chi connectivity index (χ0v) is 11.2. The number of carbonyl (C=O) groups excluding carboxylic acids is 3. The van der Waals surface area contributed by atoms with Gasteiger partial charge < -0.3 is 15.0 Å². The van der Waals surface area contributed by atoms with Crippen molar-refractivity contribution in [2.75, 3.05) is 13.1 Å². The van der Waals surface area contributed by atoms with Gasteiger partial charge in [0.05, 0.1) is 0 Å². The van der Waals surface area contributed by atoms with E-state index in [1.54, 1.807) is 29.9 Å². The van der Waals surface area contributed by atoms with Crippen molar-refractivity contribution in [3.63, 3.8) is 0 Å². The Morgan fingerprint density at radius 3 is 2.60 bits per heavy atom. The van der Waals surface area contributed by atoms with Gasteiger partial charge in [0.1, 0.15) is 12.6 Å². The van der Waals surface area contributed by atoms with Crippen LogP contribution in [0, 0.1) is 0 Å². The number of hydrogen-bond donors (Lipinski definition) is 2. The summed E-state index contributed by atoms with van der Waals surface area (Å²) in [6, 6.07) is 3.55. The minimum absolute atomic E-state index is 0.0346. The maximum Gasteiger partial charge on any atom is 0.240 e. The summed E-state index contributed by atoms with van der Waals surface area (Å²) in [6.45, 7) is -0.246. The zero-order valence-electron chi connectivity index (χ0n) is 11.2. The molecule has 108 valence electrons. The van der Waals surface area contributed by atoms with Gasteiger partial charge in [-0.15, -0.1) is 0 Å². The topological polar surface area (TPSA) is 91.6 Å². The van der Waals surface area contributed by atoms with E-state index in [4.69, 9.17) is 0 Å². The highest BCUT2D eigenvalue weighted by molar-refractivity contribution is 6.04. The maximum atomic E-state index is 11.7. The Kier molecular flexibility index (Phi) is 4.19. The fourth-order valence-corrected chi connectivity index (χ4v) is 2.13. The van der Waals surface area contributed by atoms with Gasteiger partial charge in [-0.05, 0) is 12.1 Å². The summed E-state index contributed by atoms with van der Waals surface area (Å²) in [4.78, 5) is 35.3. The Bertz CT molecular complexity index is 521. The Morgan fingerprint density at radius 2 is 2.05 bits per heavy atom. The fraction of sp³-hybridized carbons (Fsp3) is 0.462. The molecule has 2 N–H and O–H groups in total. The molecule has 3 amide bonds. The molecule has 0 spiro atoms. The number of imide groups is 1. The molecule has 1 atom stereocenters. The number of carbonyl (C=O) groups is 3. The minimum atomic E-state index is -0.830. The molecule has 0 bridgehead atoms. The van der Waals surface area contributed by atoms with Crippen molar-refractivity contribution >= 4 is 17.7 Å². The van der Waals surface area contributed by atoms with Crippen molar-refractivity contribution in [2.45, 2.75) is 18.9 Å². The van der Waals surface area contributed by atoms with Crippen molar-refractivity contribution in [1.29, 1.82) is 0 Å². The number of amides is 3. The molecular weight excluding hydrogens is 262 g/mol. The number of nitrogens with one attached hydrogen (secondary N) is 1. The molecule has 1 aromatic heterocycles. The third-order valence-corrected chi connectivity index (χ3v) is 3.27.